The van der Waals surface area contributed by atoms with Crippen LogP contribution in [0.1, 0.15) is 42.7 Å². The van der Waals surface area contributed by atoms with E-state index in [1.54, 1.807) is 11.3 Å². The summed E-state index contributed by atoms with van der Waals surface area (Å²) in [6.45, 7) is 6.13. The number of thiophene rings is 1. The fourth-order valence-electron chi connectivity index (χ4n) is 2.28. The van der Waals surface area contributed by atoms with E-state index < -0.39 is 0 Å². The molecular formula is C13H22N2OS. The highest BCUT2D eigenvalue weighted by molar-refractivity contribution is 7.10. The van der Waals surface area contributed by atoms with Crippen molar-refractivity contribution >= 4 is 11.3 Å². The van der Waals surface area contributed by atoms with Gasteiger partial charge in [-0.3, -0.25) is 4.84 Å². The van der Waals surface area contributed by atoms with Crippen LogP contribution in [-0.4, -0.2) is 24.3 Å². The number of nitrogens with zero attached hydrogens (tertiary/aromatic N) is 1. The van der Waals surface area contributed by atoms with E-state index in [0.717, 1.165) is 26.0 Å². The summed E-state index contributed by atoms with van der Waals surface area (Å²) in [5.41, 5.74) is 7.62. The van der Waals surface area contributed by atoms with Crippen molar-refractivity contribution < 1.29 is 4.84 Å². The Hall–Kier alpha value is -0.420. The average Bonchev–Trinajstić information content (AvgIpc) is 2.77. The molecule has 2 N–H and O–H groups in total. The Kier molecular flexibility index (Phi) is 4.56. The third kappa shape index (κ3) is 2.88. The van der Waals surface area contributed by atoms with Gasteiger partial charge in [0.15, 0.2) is 0 Å². The number of rotatable bonds is 4. The molecule has 0 aliphatic carbocycles. The highest BCUT2D eigenvalue weighted by atomic mass is 32.1. The maximum absolute atomic E-state index is 6.29. The van der Waals surface area contributed by atoms with Gasteiger partial charge >= 0.3 is 0 Å². The Balaban J connectivity index is 2.21. The van der Waals surface area contributed by atoms with Crippen molar-refractivity contribution in [2.45, 2.75) is 45.2 Å². The molecule has 1 saturated heterocycles. The van der Waals surface area contributed by atoms with E-state index in [-0.39, 0.29) is 12.1 Å². The summed E-state index contributed by atoms with van der Waals surface area (Å²) in [6, 6.07) is 2.53. The molecule has 3 nitrogen and oxygen atoms in total. The van der Waals surface area contributed by atoms with Gasteiger partial charge in [0, 0.05) is 17.5 Å². The molecule has 0 bridgehead atoms. The molecule has 1 aromatic heterocycles. The zero-order valence-electron chi connectivity index (χ0n) is 10.7. The first-order chi connectivity index (χ1) is 8.24. The van der Waals surface area contributed by atoms with Gasteiger partial charge < -0.3 is 5.73 Å². The summed E-state index contributed by atoms with van der Waals surface area (Å²) in [5.74, 6) is 0. The van der Waals surface area contributed by atoms with Crippen molar-refractivity contribution in [3.8, 4) is 0 Å². The van der Waals surface area contributed by atoms with E-state index in [0.29, 0.717) is 0 Å². The summed E-state index contributed by atoms with van der Waals surface area (Å²) in [4.78, 5) is 7.16. The number of aryl methyl sites for hydroxylation is 1. The molecule has 96 valence electrons. The van der Waals surface area contributed by atoms with Crippen molar-refractivity contribution in [3.05, 3.63) is 21.9 Å². The molecule has 1 aliphatic rings. The molecule has 17 heavy (non-hydrogen) atoms. The van der Waals surface area contributed by atoms with E-state index in [4.69, 9.17) is 10.6 Å². The van der Waals surface area contributed by atoms with Gasteiger partial charge in [-0.2, -0.15) is 5.06 Å². The van der Waals surface area contributed by atoms with Crippen LogP contribution >= 0.6 is 11.3 Å². The van der Waals surface area contributed by atoms with Gasteiger partial charge in [-0.1, -0.05) is 6.92 Å². The van der Waals surface area contributed by atoms with Crippen LogP contribution in [0.15, 0.2) is 11.4 Å². The molecular weight excluding hydrogens is 232 g/mol. The van der Waals surface area contributed by atoms with Gasteiger partial charge in [-0.25, -0.2) is 0 Å². The van der Waals surface area contributed by atoms with E-state index in [1.165, 1.54) is 16.9 Å². The highest BCUT2D eigenvalue weighted by Gasteiger charge is 2.30. The van der Waals surface area contributed by atoms with Crippen LogP contribution in [0.5, 0.6) is 0 Å². The average molecular weight is 254 g/mol. The maximum atomic E-state index is 6.29. The molecule has 2 unspecified atom stereocenters. The summed E-state index contributed by atoms with van der Waals surface area (Å²) >= 11 is 1.79. The van der Waals surface area contributed by atoms with Crippen LogP contribution in [0.3, 0.4) is 0 Å². The molecule has 1 fully saturated rings. The fraction of sp³-hybridized carbons (Fsp3) is 0.692. The van der Waals surface area contributed by atoms with E-state index in [9.17, 15) is 0 Å². The first-order valence-electron chi connectivity index (χ1n) is 6.43. The second-order valence-corrected chi connectivity index (χ2v) is 5.61. The number of hydrogen-bond acceptors (Lipinski definition) is 4. The summed E-state index contributed by atoms with van der Waals surface area (Å²) in [7, 11) is 0. The third-order valence-corrected chi connectivity index (χ3v) is 4.48. The molecule has 2 rings (SSSR count). The lowest BCUT2D eigenvalue weighted by molar-refractivity contribution is -0.211. The van der Waals surface area contributed by atoms with Crippen LogP contribution in [0.25, 0.3) is 0 Å². The van der Waals surface area contributed by atoms with Gasteiger partial charge in [-0.05, 0) is 43.2 Å². The Morgan fingerprint density at radius 3 is 2.88 bits per heavy atom. The minimum atomic E-state index is 0.144. The van der Waals surface area contributed by atoms with E-state index in [2.05, 4.69) is 30.4 Å². The topological polar surface area (TPSA) is 38.5 Å². The molecule has 1 aliphatic heterocycles. The third-order valence-electron chi connectivity index (χ3n) is 3.39. The molecule has 0 saturated carbocycles. The molecule has 0 spiro atoms. The van der Waals surface area contributed by atoms with Crippen molar-refractivity contribution in [1.29, 1.82) is 0 Å². The van der Waals surface area contributed by atoms with Crippen molar-refractivity contribution in [2.24, 2.45) is 5.73 Å². The molecule has 1 aromatic rings. The molecule has 4 heteroatoms. The Bertz CT molecular complexity index is 347. The number of nitrogens with two attached hydrogens (primary N) is 1. The second-order valence-electron chi connectivity index (χ2n) is 4.67. The van der Waals surface area contributed by atoms with Crippen molar-refractivity contribution in [3.63, 3.8) is 0 Å². The molecule has 2 atom stereocenters. The predicted molar refractivity (Wildman–Crippen MR) is 72.0 cm³/mol. The lowest BCUT2D eigenvalue weighted by Crippen LogP contribution is -2.43. The SMILES string of the molecule is CCC(N)C(c1sccc1C)N1CCCCO1. The predicted octanol–water partition coefficient (Wildman–Crippen LogP) is 2.86. The first-order valence-corrected chi connectivity index (χ1v) is 7.31. The molecule has 0 aromatic carbocycles. The molecule has 0 radical (unpaired) electrons. The summed E-state index contributed by atoms with van der Waals surface area (Å²) in [6.07, 6.45) is 3.34. The van der Waals surface area contributed by atoms with Gasteiger partial charge in [0.25, 0.3) is 0 Å². The van der Waals surface area contributed by atoms with Crippen LogP contribution in [0.2, 0.25) is 0 Å². The van der Waals surface area contributed by atoms with Gasteiger partial charge in [-0.15, -0.1) is 11.3 Å². The van der Waals surface area contributed by atoms with Crippen LogP contribution in [0.4, 0.5) is 0 Å². The largest absolute Gasteiger partial charge is 0.326 e. The monoisotopic (exact) mass is 254 g/mol. The van der Waals surface area contributed by atoms with Gasteiger partial charge in [0.05, 0.1) is 12.6 Å². The van der Waals surface area contributed by atoms with Gasteiger partial charge in [0.1, 0.15) is 0 Å². The maximum Gasteiger partial charge on any atom is 0.0848 e. The minimum absolute atomic E-state index is 0.144. The van der Waals surface area contributed by atoms with Crippen LogP contribution in [0, 0.1) is 6.92 Å². The molecule has 0 amide bonds. The second kappa shape index (κ2) is 5.96. The standard InChI is InChI=1S/C13H22N2OS/c1-3-11(14)12(13-10(2)6-9-17-13)15-7-4-5-8-16-15/h6,9,11-12H,3-5,7-8,14H2,1-2H3. The van der Waals surface area contributed by atoms with Crippen molar-refractivity contribution in [2.75, 3.05) is 13.2 Å². The normalized spacial score (nSPS) is 21.4. The zero-order chi connectivity index (χ0) is 12.3. The van der Waals surface area contributed by atoms with Crippen molar-refractivity contribution in [1.82, 2.24) is 5.06 Å². The van der Waals surface area contributed by atoms with E-state index >= 15 is 0 Å². The summed E-state index contributed by atoms with van der Waals surface area (Å²) in [5, 5.41) is 4.25. The molecule has 2 heterocycles. The number of hydrogen-bond donors (Lipinski definition) is 1. The van der Waals surface area contributed by atoms with Gasteiger partial charge in [0.2, 0.25) is 0 Å². The quantitative estimate of drug-likeness (QED) is 0.898. The smallest absolute Gasteiger partial charge is 0.0848 e. The minimum Gasteiger partial charge on any atom is -0.326 e. The zero-order valence-corrected chi connectivity index (χ0v) is 11.5. The summed E-state index contributed by atoms with van der Waals surface area (Å²) < 4.78 is 0. The number of hydroxylamine groups is 2. The Labute approximate surface area is 108 Å². The fourth-order valence-corrected chi connectivity index (χ4v) is 3.39. The first kappa shape index (κ1) is 13.0. The van der Waals surface area contributed by atoms with Crippen LogP contribution in [-0.2, 0) is 4.84 Å². The Morgan fingerprint density at radius 2 is 2.35 bits per heavy atom. The lowest BCUT2D eigenvalue weighted by atomic mass is 10.0. The van der Waals surface area contributed by atoms with Crippen LogP contribution < -0.4 is 5.73 Å². The lowest BCUT2D eigenvalue weighted by Gasteiger charge is -2.36. The Morgan fingerprint density at radius 1 is 1.53 bits per heavy atom. The highest BCUT2D eigenvalue weighted by Crippen LogP contribution is 2.33. The van der Waals surface area contributed by atoms with E-state index in [1.807, 2.05) is 0 Å².